The molecule has 10 nitrogen and oxygen atoms in total. The number of rotatable bonds is 11. The molecular formula is C37H32F2N4O6S. The zero-order valence-electron chi connectivity index (χ0n) is 27.2. The van der Waals surface area contributed by atoms with Crippen LogP contribution in [-0.2, 0) is 34.8 Å². The highest BCUT2D eigenvalue weighted by molar-refractivity contribution is 7.91. The van der Waals surface area contributed by atoms with Gasteiger partial charge < -0.3 is 23.3 Å². The van der Waals surface area contributed by atoms with Gasteiger partial charge in [-0.25, -0.2) is 27.2 Å². The van der Waals surface area contributed by atoms with Crippen molar-refractivity contribution in [3.8, 4) is 22.8 Å². The number of pyridine rings is 1. The molecule has 1 aliphatic rings. The van der Waals surface area contributed by atoms with Gasteiger partial charge in [-0.05, 0) is 72.3 Å². The van der Waals surface area contributed by atoms with Crippen LogP contribution in [0.15, 0.2) is 101 Å². The molecule has 3 aromatic heterocycles. The average molecular weight is 699 g/mol. The van der Waals surface area contributed by atoms with Crippen LogP contribution in [0.4, 0.5) is 8.78 Å². The highest BCUT2D eigenvalue weighted by atomic mass is 32.2. The lowest BCUT2D eigenvalue weighted by Gasteiger charge is -2.19. The summed E-state index contributed by atoms with van der Waals surface area (Å²) in [5, 5.41) is 0.572. The van der Waals surface area contributed by atoms with E-state index in [1.165, 1.54) is 22.9 Å². The Morgan fingerprint density at radius 1 is 0.940 bits per heavy atom. The van der Waals surface area contributed by atoms with Crippen molar-refractivity contribution in [3.63, 3.8) is 0 Å². The molecule has 1 atom stereocenters. The predicted octanol–water partition coefficient (Wildman–Crippen LogP) is 6.28. The molecule has 7 rings (SSSR count). The fourth-order valence-corrected chi connectivity index (χ4v) is 7.13. The smallest absolute Gasteiger partial charge is 0.286 e. The van der Waals surface area contributed by atoms with Gasteiger partial charge in [0.15, 0.2) is 17.3 Å². The predicted molar refractivity (Wildman–Crippen MR) is 182 cm³/mol. The van der Waals surface area contributed by atoms with Crippen molar-refractivity contribution in [2.24, 2.45) is 7.05 Å². The first-order chi connectivity index (χ1) is 24.0. The molecule has 0 fully saturated rings. The average Bonchev–Trinajstić information content (AvgIpc) is 3.73. The molecule has 0 saturated heterocycles. The van der Waals surface area contributed by atoms with Crippen LogP contribution in [0.3, 0.4) is 0 Å². The third kappa shape index (κ3) is 6.87. The van der Waals surface area contributed by atoms with E-state index < -0.39 is 38.3 Å². The molecule has 0 N–H and O–H groups in total. The van der Waals surface area contributed by atoms with E-state index in [-0.39, 0.29) is 43.4 Å². The number of fused-ring (bicyclic) bond motifs is 2. The molecular weight excluding hydrogens is 666 g/mol. The Morgan fingerprint density at radius 2 is 1.76 bits per heavy atom. The first-order valence-corrected chi connectivity index (χ1v) is 17.5. The monoisotopic (exact) mass is 698 g/mol. The molecule has 0 amide bonds. The molecule has 13 heteroatoms. The summed E-state index contributed by atoms with van der Waals surface area (Å²) in [4.78, 5) is 21.3. The van der Waals surface area contributed by atoms with Gasteiger partial charge in [-0.15, -0.1) is 0 Å². The maximum atomic E-state index is 15.0. The molecule has 50 heavy (non-hydrogen) atoms. The minimum Gasteiger partial charge on any atom is -0.454 e. The van der Waals surface area contributed by atoms with Crippen molar-refractivity contribution in [2.45, 2.75) is 37.8 Å². The zero-order chi connectivity index (χ0) is 35.0. The quantitative estimate of drug-likeness (QED) is 0.145. The van der Waals surface area contributed by atoms with E-state index in [0.717, 1.165) is 22.5 Å². The number of aromatic nitrogens is 4. The van der Waals surface area contributed by atoms with E-state index in [1.54, 1.807) is 43.3 Å². The topological polar surface area (TPSA) is 115 Å². The second-order valence-electron chi connectivity index (χ2n) is 12.1. The highest BCUT2D eigenvalue weighted by Gasteiger charge is 2.25. The van der Waals surface area contributed by atoms with Gasteiger partial charge in [-0.3, -0.25) is 4.79 Å². The summed E-state index contributed by atoms with van der Waals surface area (Å²) in [6.07, 6.45) is 2.67. The van der Waals surface area contributed by atoms with Crippen molar-refractivity contribution in [3.05, 3.63) is 136 Å². The molecule has 0 aliphatic carbocycles. The minimum absolute atomic E-state index is 0.0222. The van der Waals surface area contributed by atoms with E-state index in [1.807, 2.05) is 42.1 Å². The van der Waals surface area contributed by atoms with Crippen LogP contribution in [0.2, 0.25) is 0 Å². The summed E-state index contributed by atoms with van der Waals surface area (Å²) in [6.45, 7) is 1.66. The van der Waals surface area contributed by atoms with Crippen molar-refractivity contribution in [2.75, 3.05) is 12.5 Å². The number of sulfone groups is 1. The second-order valence-corrected chi connectivity index (χ2v) is 14.1. The summed E-state index contributed by atoms with van der Waals surface area (Å²) < 4.78 is 77.1. The number of hydrogen-bond acceptors (Lipinski definition) is 8. The van der Waals surface area contributed by atoms with Gasteiger partial charge in [0, 0.05) is 41.8 Å². The Hall–Kier alpha value is -5.40. The van der Waals surface area contributed by atoms with Crippen LogP contribution in [0.5, 0.6) is 11.5 Å². The number of halogens is 2. The largest absolute Gasteiger partial charge is 0.454 e. The highest BCUT2D eigenvalue weighted by Crippen LogP contribution is 2.33. The lowest BCUT2D eigenvalue weighted by Crippen LogP contribution is -2.23. The standard InChI is InChI=1S/C37H32F2N4O6S/c1-23-15-31(28-17-30(39)36(44)43(20-28)19-24-7-10-34-35(16-24)49-22-48-34)41-37(40-23)50(45,46)14-12-33(47-21-27-5-3-4-6-29(27)38)26-9-8-25-11-13-42(2)32(25)18-26/h3-11,13,15-18,20,33H,12,14,19,21-22H2,1-2H3. The van der Waals surface area contributed by atoms with Crippen LogP contribution in [0, 0.1) is 18.6 Å². The number of nitrogens with zero attached hydrogens (tertiary/aromatic N) is 4. The fraction of sp³-hybridized carbons (Fsp3) is 0.216. The van der Waals surface area contributed by atoms with Crippen molar-refractivity contribution in [1.82, 2.24) is 19.1 Å². The third-order valence-electron chi connectivity index (χ3n) is 8.57. The van der Waals surface area contributed by atoms with Crippen LogP contribution in [0.25, 0.3) is 22.2 Å². The molecule has 0 saturated carbocycles. The second kappa shape index (κ2) is 13.5. The normalized spacial score (nSPS) is 13.2. The molecule has 0 spiro atoms. The number of ether oxygens (including phenoxy) is 3. The van der Waals surface area contributed by atoms with Crippen LogP contribution < -0.4 is 15.0 Å². The molecule has 256 valence electrons. The number of aryl methyl sites for hydroxylation is 2. The van der Waals surface area contributed by atoms with E-state index in [4.69, 9.17) is 14.2 Å². The summed E-state index contributed by atoms with van der Waals surface area (Å²) in [6, 6.07) is 21.7. The van der Waals surface area contributed by atoms with Crippen LogP contribution in [-0.4, -0.2) is 40.1 Å². The number of hydrogen-bond donors (Lipinski definition) is 0. The van der Waals surface area contributed by atoms with Crippen molar-refractivity contribution >= 4 is 20.7 Å². The molecule has 0 bridgehead atoms. The maximum absolute atomic E-state index is 15.0. The Kier molecular flexibility index (Phi) is 8.93. The molecule has 1 unspecified atom stereocenters. The first-order valence-electron chi connectivity index (χ1n) is 15.8. The van der Waals surface area contributed by atoms with Crippen LogP contribution in [0.1, 0.15) is 34.9 Å². The Morgan fingerprint density at radius 3 is 2.60 bits per heavy atom. The molecule has 4 heterocycles. The minimum atomic E-state index is -4.10. The van der Waals surface area contributed by atoms with E-state index in [2.05, 4.69) is 9.97 Å². The van der Waals surface area contributed by atoms with Gasteiger partial charge in [0.1, 0.15) is 5.82 Å². The maximum Gasteiger partial charge on any atom is 0.286 e. The van der Waals surface area contributed by atoms with Crippen molar-refractivity contribution < 1.29 is 31.4 Å². The Bertz CT molecular complexity index is 2410. The Labute approximate surface area is 286 Å². The van der Waals surface area contributed by atoms with Gasteiger partial charge in [-0.1, -0.05) is 36.4 Å². The lowest BCUT2D eigenvalue weighted by atomic mass is 10.1. The van der Waals surface area contributed by atoms with Gasteiger partial charge in [0.2, 0.25) is 21.8 Å². The zero-order valence-corrected chi connectivity index (χ0v) is 28.0. The van der Waals surface area contributed by atoms with E-state index in [9.17, 15) is 22.0 Å². The van der Waals surface area contributed by atoms with Crippen LogP contribution >= 0.6 is 0 Å². The van der Waals surface area contributed by atoms with Gasteiger partial charge in [0.25, 0.3) is 5.56 Å². The van der Waals surface area contributed by atoms with E-state index in [0.29, 0.717) is 28.3 Å². The Balaban J connectivity index is 1.16. The lowest BCUT2D eigenvalue weighted by molar-refractivity contribution is 0.0362. The molecule has 3 aromatic carbocycles. The molecule has 0 radical (unpaired) electrons. The van der Waals surface area contributed by atoms with Gasteiger partial charge in [-0.2, -0.15) is 0 Å². The first kappa shape index (κ1) is 33.1. The summed E-state index contributed by atoms with van der Waals surface area (Å²) in [7, 11) is -2.19. The summed E-state index contributed by atoms with van der Waals surface area (Å²) >= 11 is 0. The van der Waals surface area contributed by atoms with Gasteiger partial charge in [0.05, 0.1) is 30.7 Å². The van der Waals surface area contributed by atoms with Crippen molar-refractivity contribution in [1.29, 1.82) is 0 Å². The summed E-state index contributed by atoms with van der Waals surface area (Å²) in [5.74, 6) is -0.730. The number of benzene rings is 3. The van der Waals surface area contributed by atoms with Gasteiger partial charge >= 0.3 is 0 Å². The third-order valence-corrected chi connectivity index (χ3v) is 10.1. The fourth-order valence-electron chi connectivity index (χ4n) is 5.91. The summed E-state index contributed by atoms with van der Waals surface area (Å²) in [5.41, 5.74) is 2.51. The SMILES string of the molecule is Cc1cc(-c2cc(F)c(=O)n(Cc3ccc4c(c3)OCO4)c2)nc(S(=O)(=O)CCC(OCc2ccccc2F)c2ccc3ccn(C)c3c2)n1. The molecule has 6 aromatic rings. The van der Waals surface area contributed by atoms with E-state index >= 15 is 0 Å². The molecule has 1 aliphatic heterocycles.